The van der Waals surface area contributed by atoms with Crippen LogP contribution in [0.5, 0.6) is 0 Å². The third kappa shape index (κ3) is 5.08. The molecule has 1 aliphatic carbocycles. The van der Waals surface area contributed by atoms with Crippen molar-refractivity contribution in [1.82, 2.24) is 10.3 Å². The number of amidine groups is 1. The molecule has 1 aromatic heterocycles. The maximum Gasteiger partial charge on any atom is 0.338 e. The maximum absolute atomic E-state index is 14.4. The van der Waals surface area contributed by atoms with Crippen molar-refractivity contribution in [2.24, 2.45) is 16.8 Å². The summed E-state index contributed by atoms with van der Waals surface area (Å²) in [6.07, 6.45) is 4.00. The molecule has 0 saturated heterocycles. The summed E-state index contributed by atoms with van der Waals surface area (Å²) in [5.41, 5.74) is 0.893. The molecule has 7 nitrogen and oxygen atoms in total. The normalized spacial score (nSPS) is 22.3. The molecule has 1 aromatic carbocycles. The molecule has 2 heterocycles. The van der Waals surface area contributed by atoms with Gasteiger partial charge in [0.15, 0.2) is 22.5 Å². The highest BCUT2D eigenvalue weighted by atomic mass is 35.5. The summed E-state index contributed by atoms with van der Waals surface area (Å²) < 4.78 is 38.5. The topological polar surface area (TPSA) is 89.9 Å². The molecule has 0 bridgehead atoms. The highest BCUT2D eigenvalue weighted by molar-refractivity contribution is 7.11. The number of hydrogen-bond donors (Lipinski definition) is 1. The van der Waals surface area contributed by atoms with Crippen LogP contribution in [0.15, 0.2) is 40.0 Å². The summed E-state index contributed by atoms with van der Waals surface area (Å²) in [4.78, 5) is 34.2. The van der Waals surface area contributed by atoms with Gasteiger partial charge in [-0.05, 0) is 44.6 Å². The van der Waals surface area contributed by atoms with E-state index in [2.05, 4.69) is 15.3 Å². The lowest BCUT2D eigenvalue weighted by Crippen LogP contribution is -2.38. The molecule has 35 heavy (non-hydrogen) atoms. The van der Waals surface area contributed by atoms with E-state index in [9.17, 15) is 18.4 Å². The molecule has 0 radical (unpaired) electrons. The zero-order valence-electron chi connectivity index (χ0n) is 19.1. The van der Waals surface area contributed by atoms with Crippen molar-refractivity contribution in [1.29, 1.82) is 0 Å². The fraction of sp³-hybridized carbons (Fsp3) is 0.417. The number of rotatable bonds is 6. The average molecular weight is 524 g/mol. The van der Waals surface area contributed by atoms with Crippen molar-refractivity contribution >= 4 is 40.7 Å². The summed E-state index contributed by atoms with van der Waals surface area (Å²) >= 11 is 7.55. The number of thiazole rings is 1. The van der Waals surface area contributed by atoms with Gasteiger partial charge in [0, 0.05) is 22.8 Å². The van der Waals surface area contributed by atoms with E-state index in [0.29, 0.717) is 42.2 Å². The van der Waals surface area contributed by atoms with Gasteiger partial charge in [-0.25, -0.2) is 18.6 Å². The number of hydrogen-bond acceptors (Lipinski definition) is 8. The molecule has 1 atom stereocenters. The molecule has 1 saturated carbocycles. The minimum absolute atomic E-state index is 0.117. The highest BCUT2D eigenvalue weighted by Gasteiger charge is 2.39. The first-order valence-corrected chi connectivity index (χ1v) is 12.5. The lowest BCUT2D eigenvalue weighted by atomic mass is 9.78. The van der Waals surface area contributed by atoms with Gasteiger partial charge in [-0.3, -0.25) is 9.79 Å². The molecule has 2 aliphatic rings. The first kappa shape index (κ1) is 25.2. The molecule has 1 aliphatic heterocycles. The van der Waals surface area contributed by atoms with Gasteiger partial charge in [-0.1, -0.05) is 17.7 Å². The van der Waals surface area contributed by atoms with Crippen molar-refractivity contribution in [3.63, 3.8) is 0 Å². The second kappa shape index (κ2) is 10.8. The predicted molar refractivity (Wildman–Crippen MR) is 127 cm³/mol. The fourth-order valence-electron chi connectivity index (χ4n) is 4.53. The fourth-order valence-corrected chi connectivity index (χ4v) is 5.38. The number of nitrogens with zero attached hydrogens (tertiary/aromatic N) is 2. The number of esters is 2. The Labute approximate surface area is 210 Å². The van der Waals surface area contributed by atoms with E-state index in [-0.39, 0.29) is 35.5 Å². The van der Waals surface area contributed by atoms with E-state index < -0.39 is 28.7 Å². The van der Waals surface area contributed by atoms with Crippen molar-refractivity contribution in [3.8, 4) is 0 Å². The Morgan fingerprint density at radius 3 is 2.60 bits per heavy atom. The van der Waals surface area contributed by atoms with E-state index in [1.54, 1.807) is 18.5 Å². The predicted octanol–water partition coefficient (Wildman–Crippen LogP) is 4.96. The van der Waals surface area contributed by atoms with Gasteiger partial charge in [0.05, 0.1) is 30.2 Å². The minimum atomic E-state index is -1.21. The van der Waals surface area contributed by atoms with Gasteiger partial charge < -0.3 is 14.8 Å². The lowest BCUT2D eigenvalue weighted by Gasteiger charge is -2.34. The Bertz CT molecular complexity index is 1180. The third-order valence-electron chi connectivity index (χ3n) is 6.23. The molecule has 0 spiro atoms. The summed E-state index contributed by atoms with van der Waals surface area (Å²) in [5, 5.41) is 5.17. The molecule has 4 rings (SSSR count). The van der Waals surface area contributed by atoms with E-state index in [1.165, 1.54) is 24.5 Å². The molecule has 1 unspecified atom stereocenters. The van der Waals surface area contributed by atoms with Crippen molar-refractivity contribution in [3.05, 3.63) is 62.2 Å². The zero-order valence-corrected chi connectivity index (χ0v) is 20.7. The van der Waals surface area contributed by atoms with Crippen LogP contribution in [0.1, 0.15) is 49.2 Å². The van der Waals surface area contributed by atoms with E-state index >= 15 is 0 Å². The molecular weight excluding hydrogens is 500 g/mol. The number of carbonyl (C=O) groups excluding carboxylic acids is 2. The van der Waals surface area contributed by atoms with Crippen LogP contribution < -0.4 is 5.32 Å². The van der Waals surface area contributed by atoms with Gasteiger partial charge in [-0.15, -0.1) is 11.3 Å². The molecule has 1 fully saturated rings. The molecule has 11 heteroatoms. The van der Waals surface area contributed by atoms with Gasteiger partial charge in [0.2, 0.25) is 0 Å². The number of carbonyl (C=O) groups is 2. The zero-order chi connectivity index (χ0) is 25.1. The van der Waals surface area contributed by atoms with Crippen molar-refractivity contribution in [2.45, 2.75) is 38.6 Å². The second-order valence-corrected chi connectivity index (χ2v) is 9.50. The third-order valence-corrected chi connectivity index (χ3v) is 7.40. The summed E-state index contributed by atoms with van der Waals surface area (Å²) in [5.74, 6) is -3.14. The van der Waals surface area contributed by atoms with Gasteiger partial charge in [0.1, 0.15) is 6.04 Å². The first-order chi connectivity index (χ1) is 16.8. The number of halogens is 3. The van der Waals surface area contributed by atoms with Crippen LogP contribution in [-0.4, -0.2) is 36.5 Å². The van der Waals surface area contributed by atoms with Crippen molar-refractivity contribution in [2.75, 3.05) is 13.7 Å². The number of nitrogens with one attached hydrogen (secondary N) is 1. The summed E-state index contributed by atoms with van der Waals surface area (Å²) in [7, 11) is 1.37. The lowest BCUT2D eigenvalue weighted by molar-refractivity contribution is -0.146. The maximum atomic E-state index is 14.4. The smallest absolute Gasteiger partial charge is 0.338 e. The molecule has 186 valence electrons. The Balaban J connectivity index is 1.82. The Hall–Kier alpha value is -2.85. The van der Waals surface area contributed by atoms with Crippen molar-refractivity contribution < 1.29 is 27.8 Å². The quantitative estimate of drug-likeness (QED) is 0.425. The minimum Gasteiger partial charge on any atom is -0.469 e. The molecular formula is C24H24ClF2N3O4S. The van der Waals surface area contributed by atoms with Gasteiger partial charge >= 0.3 is 11.9 Å². The number of allylic oxidation sites excluding steroid dienone is 1. The van der Waals surface area contributed by atoms with Crippen LogP contribution in [0, 0.1) is 23.5 Å². The molecule has 2 aromatic rings. The standard InChI is InChI=1S/C24H24ClF2N3O4S/c1-3-34-24(32)16-19(12-4-6-13(7-5-12)23(31)33-2)29-21(22-28-10-11-35-22)30-20(16)14-8-9-15(26)18(27)17(14)25/h8-13,20H,3-7H2,1-2H3,(H,29,30). The monoisotopic (exact) mass is 523 g/mol. The van der Waals surface area contributed by atoms with E-state index in [0.717, 1.165) is 6.07 Å². The average Bonchev–Trinajstić information content (AvgIpc) is 3.41. The van der Waals surface area contributed by atoms with Crippen LogP contribution in [0.25, 0.3) is 0 Å². The van der Waals surface area contributed by atoms with E-state index in [4.69, 9.17) is 21.1 Å². The SMILES string of the molecule is CCOC(=O)C1=C(C2CCC(C(=O)OC)CC2)NC(c2nccs2)=NC1c1ccc(F)c(F)c1Cl. The highest BCUT2D eigenvalue weighted by Crippen LogP contribution is 2.42. The Morgan fingerprint density at radius 1 is 1.23 bits per heavy atom. The van der Waals surface area contributed by atoms with Gasteiger partial charge in [0.25, 0.3) is 0 Å². The van der Waals surface area contributed by atoms with E-state index in [1.807, 2.05) is 0 Å². The molecule has 1 N–H and O–H groups in total. The number of methoxy groups -OCH3 is 1. The van der Waals surface area contributed by atoms with Crippen LogP contribution in [0.3, 0.4) is 0 Å². The number of aromatic nitrogens is 1. The van der Waals surface area contributed by atoms with Gasteiger partial charge in [-0.2, -0.15) is 0 Å². The number of benzene rings is 1. The van der Waals surface area contributed by atoms with Crippen LogP contribution >= 0.6 is 22.9 Å². The largest absolute Gasteiger partial charge is 0.469 e. The Morgan fingerprint density at radius 2 is 1.97 bits per heavy atom. The van der Waals surface area contributed by atoms with Crippen LogP contribution in [-0.2, 0) is 19.1 Å². The molecule has 0 amide bonds. The second-order valence-electron chi connectivity index (χ2n) is 8.23. The first-order valence-electron chi connectivity index (χ1n) is 11.2. The number of ether oxygens (including phenoxy) is 2. The summed E-state index contributed by atoms with van der Waals surface area (Å²) in [6.45, 7) is 1.80. The number of aliphatic imine (C=N–C) groups is 1. The Kier molecular flexibility index (Phi) is 7.81. The van der Waals surface area contributed by atoms with Crippen LogP contribution in [0.4, 0.5) is 8.78 Å². The van der Waals surface area contributed by atoms with Crippen LogP contribution in [0.2, 0.25) is 5.02 Å². The summed E-state index contributed by atoms with van der Waals surface area (Å²) in [6, 6.07) is 1.25.